The third-order valence-corrected chi connectivity index (χ3v) is 3.02. The van der Waals surface area contributed by atoms with Gasteiger partial charge in [-0.15, -0.1) is 0 Å². The van der Waals surface area contributed by atoms with E-state index < -0.39 is 0 Å². The summed E-state index contributed by atoms with van der Waals surface area (Å²) in [6, 6.07) is 6.94. The normalized spacial score (nSPS) is 10.3. The molecule has 17 heavy (non-hydrogen) atoms. The maximum absolute atomic E-state index is 5.90. The number of hydrogen-bond donors (Lipinski definition) is 2. The molecule has 88 valence electrons. The molecule has 1 heterocycles. The predicted octanol–water partition coefficient (Wildman–Crippen LogP) is 3.87. The Morgan fingerprint density at radius 1 is 1.18 bits per heavy atom. The van der Waals surface area contributed by atoms with E-state index in [1.54, 1.807) is 18.2 Å². The summed E-state index contributed by atoms with van der Waals surface area (Å²) in [7, 11) is 0. The van der Waals surface area contributed by atoms with E-state index in [0.29, 0.717) is 10.8 Å². The summed E-state index contributed by atoms with van der Waals surface area (Å²) in [5.74, 6) is 0.614. The lowest BCUT2D eigenvalue weighted by atomic mass is 10.3. The molecule has 0 saturated carbocycles. The first-order valence-electron chi connectivity index (χ1n) is 4.57. The highest BCUT2D eigenvalue weighted by Gasteiger charge is 2.04. The number of anilines is 3. The van der Waals surface area contributed by atoms with Crippen molar-refractivity contribution in [1.82, 2.24) is 9.97 Å². The largest absolute Gasteiger partial charge is 0.368 e. The van der Waals surface area contributed by atoms with E-state index in [1.165, 1.54) is 0 Å². The molecule has 3 N–H and O–H groups in total. The van der Waals surface area contributed by atoms with Crippen LogP contribution in [0, 0.1) is 0 Å². The Hall–Kier alpha value is -1.04. The number of rotatable bonds is 2. The van der Waals surface area contributed by atoms with Crippen molar-refractivity contribution in [3.05, 3.63) is 38.9 Å². The molecular weight excluding hydrogens is 327 g/mol. The van der Waals surface area contributed by atoms with Crippen LogP contribution >= 0.6 is 39.1 Å². The Labute approximate surface area is 116 Å². The van der Waals surface area contributed by atoms with E-state index in [0.717, 1.165) is 10.2 Å². The smallest absolute Gasteiger partial charge is 0.223 e. The Morgan fingerprint density at radius 2 is 1.94 bits per heavy atom. The van der Waals surface area contributed by atoms with Gasteiger partial charge in [0.05, 0.1) is 5.69 Å². The summed E-state index contributed by atoms with van der Waals surface area (Å²) in [5.41, 5.74) is 6.27. The fourth-order valence-corrected chi connectivity index (χ4v) is 1.94. The van der Waals surface area contributed by atoms with Gasteiger partial charge in [-0.2, -0.15) is 4.98 Å². The van der Waals surface area contributed by atoms with Gasteiger partial charge in [0.1, 0.15) is 11.0 Å². The molecule has 0 aliphatic carbocycles. The van der Waals surface area contributed by atoms with Gasteiger partial charge in [0.15, 0.2) is 0 Å². The van der Waals surface area contributed by atoms with Crippen molar-refractivity contribution >= 4 is 56.6 Å². The fraction of sp³-hybridized carbons (Fsp3) is 0. The van der Waals surface area contributed by atoms with Gasteiger partial charge >= 0.3 is 0 Å². The predicted molar refractivity (Wildman–Crippen MR) is 73.9 cm³/mol. The van der Waals surface area contributed by atoms with Crippen molar-refractivity contribution < 1.29 is 0 Å². The first-order valence-corrected chi connectivity index (χ1v) is 6.11. The summed E-state index contributed by atoms with van der Waals surface area (Å²) in [4.78, 5) is 7.78. The average Bonchev–Trinajstić information content (AvgIpc) is 2.22. The van der Waals surface area contributed by atoms with E-state index in [4.69, 9.17) is 28.9 Å². The summed E-state index contributed by atoms with van der Waals surface area (Å²) in [5, 5.41) is 3.94. The van der Waals surface area contributed by atoms with Crippen molar-refractivity contribution in [1.29, 1.82) is 0 Å². The van der Waals surface area contributed by atoms with E-state index in [2.05, 4.69) is 31.2 Å². The number of aromatic nitrogens is 2. The molecule has 1 aromatic carbocycles. The Balaban J connectivity index is 2.34. The molecule has 0 saturated heterocycles. The van der Waals surface area contributed by atoms with Crippen molar-refractivity contribution in [3.63, 3.8) is 0 Å². The maximum atomic E-state index is 5.90. The average molecular weight is 334 g/mol. The van der Waals surface area contributed by atoms with Gasteiger partial charge in [0.2, 0.25) is 5.95 Å². The Kier molecular flexibility index (Phi) is 3.71. The topological polar surface area (TPSA) is 63.8 Å². The zero-order chi connectivity index (χ0) is 12.4. The van der Waals surface area contributed by atoms with Crippen molar-refractivity contribution in [2.75, 3.05) is 11.1 Å². The molecule has 0 atom stereocenters. The van der Waals surface area contributed by atoms with Gasteiger partial charge in [-0.25, -0.2) is 4.98 Å². The second kappa shape index (κ2) is 5.08. The molecule has 2 aromatic rings. The summed E-state index contributed by atoms with van der Waals surface area (Å²) < 4.78 is 0.857. The van der Waals surface area contributed by atoms with Gasteiger partial charge in [-0.05, 0) is 34.1 Å². The van der Waals surface area contributed by atoms with Gasteiger partial charge < -0.3 is 11.1 Å². The highest BCUT2D eigenvalue weighted by atomic mass is 79.9. The standard InChI is InChI=1S/C10H7BrCl2N4/c11-6-2-1-5(12)3-7(6)15-9-4-8(13)16-10(14)17-9/h1-4H,(H3,14,15,16,17). The molecule has 0 bridgehead atoms. The highest BCUT2D eigenvalue weighted by molar-refractivity contribution is 9.10. The van der Waals surface area contributed by atoms with Gasteiger partial charge in [-0.1, -0.05) is 23.2 Å². The van der Waals surface area contributed by atoms with Crippen LogP contribution in [0.1, 0.15) is 0 Å². The van der Waals surface area contributed by atoms with E-state index in [9.17, 15) is 0 Å². The minimum atomic E-state index is 0.109. The molecule has 0 aliphatic rings. The number of hydrogen-bond acceptors (Lipinski definition) is 4. The molecule has 4 nitrogen and oxygen atoms in total. The third-order valence-electron chi connectivity index (χ3n) is 1.90. The first kappa shape index (κ1) is 12.4. The van der Waals surface area contributed by atoms with Crippen LogP contribution < -0.4 is 11.1 Å². The fourth-order valence-electron chi connectivity index (χ4n) is 1.23. The van der Waals surface area contributed by atoms with Gasteiger partial charge in [-0.3, -0.25) is 0 Å². The molecule has 2 rings (SSSR count). The zero-order valence-electron chi connectivity index (χ0n) is 8.42. The monoisotopic (exact) mass is 332 g/mol. The SMILES string of the molecule is Nc1nc(Cl)cc(Nc2cc(Cl)ccc2Br)n1. The molecule has 0 fully saturated rings. The van der Waals surface area contributed by atoms with Crippen molar-refractivity contribution in [2.24, 2.45) is 0 Å². The maximum Gasteiger partial charge on any atom is 0.223 e. The molecule has 0 unspecified atom stereocenters. The minimum absolute atomic E-state index is 0.109. The molecule has 1 aromatic heterocycles. The summed E-state index contributed by atoms with van der Waals surface area (Å²) >= 11 is 15.1. The number of nitrogens with zero attached hydrogens (tertiary/aromatic N) is 2. The van der Waals surface area contributed by atoms with Crippen molar-refractivity contribution in [3.8, 4) is 0 Å². The molecule has 0 aliphatic heterocycles. The quantitative estimate of drug-likeness (QED) is 0.819. The van der Waals surface area contributed by atoms with Crippen LogP contribution in [-0.4, -0.2) is 9.97 Å². The van der Waals surface area contributed by atoms with Crippen LogP contribution in [0.5, 0.6) is 0 Å². The van der Waals surface area contributed by atoms with Crippen LogP contribution in [-0.2, 0) is 0 Å². The van der Waals surface area contributed by atoms with Crippen molar-refractivity contribution in [2.45, 2.75) is 0 Å². The van der Waals surface area contributed by atoms with Crippen LogP contribution in [0.3, 0.4) is 0 Å². The molecule has 0 radical (unpaired) electrons. The number of halogens is 3. The Morgan fingerprint density at radius 3 is 2.65 bits per heavy atom. The first-order chi connectivity index (χ1) is 8.04. The van der Waals surface area contributed by atoms with Crippen LogP contribution in [0.15, 0.2) is 28.7 Å². The Bertz CT molecular complexity index is 542. The number of nitrogens with two attached hydrogens (primary N) is 1. The second-order valence-electron chi connectivity index (χ2n) is 3.18. The molecule has 0 amide bonds. The minimum Gasteiger partial charge on any atom is -0.368 e. The second-order valence-corrected chi connectivity index (χ2v) is 4.86. The lowest BCUT2D eigenvalue weighted by Crippen LogP contribution is -2.00. The van der Waals surface area contributed by atoms with E-state index in [1.807, 2.05) is 6.07 Å². The lowest BCUT2D eigenvalue weighted by molar-refractivity contribution is 1.18. The summed E-state index contributed by atoms with van der Waals surface area (Å²) in [6.07, 6.45) is 0. The lowest BCUT2D eigenvalue weighted by Gasteiger charge is -2.08. The molecule has 7 heteroatoms. The van der Waals surface area contributed by atoms with Crippen LogP contribution in [0.25, 0.3) is 0 Å². The highest BCUT2D eigenvalue weighted by Crippen LogP contribution is 2.28. The number of benzene rings is 1. The third kappa shape index (κ3) is 3.21. The summed E-state index contributed by atoms with van der Waals surface area (Å²) in [6.45, 7) is 0. The van der Waals surface area contributed by atoms with Crippen LogP contribution in [0.4, 0.5) is 17.5 Å². The zero-order valence-corrected chi connectivity index (χ0v) is 11.5. The van der Waals surface area contributed by atoms with Crippen LogP contribution in [0.2, 0.25) is 10.2 Å². The molecular formula is C10H7BrCl2N4. The van der Waals surface area contributed by atoms with Gasteiger partial charge in [0, 0.05) is 15.6 Å². The number of nitrogen functional groups attached to an aromatic ring is 1. The van der Waals surface area contributed by atoms with E-state index in [-0.39, 0.29) is 11.1 Å². The van der Waals surface area contributed by atoms with E-state index >= 15 is 0 Å². The molecule has 0 spiro atoms. The van der Waals surface area contributed by atoms with Gasteiger partial charge in [0.25, 0.3) is 0 Å². The number of nitrogens with one attached hydrogen (secondary N) is 1.